The lowest BCUT2D eigenvalue weighted by Gasteiger charge is -2.11. The lowest BCUT2D eigenvalue weighted by atomic mass is 9.93. The molecule has 0 atom stereocenters. The summed E-state index contributed by atoms with van der Waals surface area (Å²) in [6, 6.07) is 23.8. The molecule has 0 spiro atoms. The van der Waals surface area contributed by atoms with Crippen molar-refractivity contribution in [3.05, 3.63) is 94.0 Å². The third-order valence-electron chi connectivity index (χ3n) is 4.69. The van der Waals surface area contributed by atoms with Crippen molar-refractivity contribution < 1.29 is 4.79 Å². The summed E-state index contributed by atoms with van der Waals surface area (Å²) in [6.45, 7) is 2.14. The van der Waals surface area contributed by atoms with Crippen molar-refractivity contribution in [2.24, 2.45) is 5.10 Å². The Morgan fingerprint density at radius 1 is 0.889 bits per heavy atom. The number of carbonyl (C=O) groups excluding carboxylic acids is 1. The van der Waals surface area contributed by atoms with E-state index in [2.05, 4.69) is 57.6 Å². The number of nitrogens with zero attached hydrogens (tertiary/aromatic N) is 1. The summed E-state index contributed by atoms with van der Waals surface area (Å²) in [7, 11) is 0. The topological polar surface area (TPSA) is 41.5 Å². The van der Waals surface area contributed by atoms with Gasteiger partial charge in [-0.05, 0) is 52.2 Å². The van der Waals surface area contributed by atoms with Crippen LogP contribution >= 0.6 is 15.9 Å². The monoisotopic (exact) mass is 416 g/mol. The minimum atomic E-state index is -0.242. The van der Waals surface area contributed by atoms with E-state index in [-0.39, 0.29) is 5.91 Å². The summed E-state index contributed by atoms with van der Waals surface area (Å²) in [6.07, 6.45) is 1.74. The molecule has 0 saturated heterocycles. The van der Waals surface area contributed by atoms with Gasteiger partial charge in [-0.15, -0.1) is 0 Å². The number of benzene rings is 4. The number of hydrazone groups is 1. The molecule has 0 aliphatic rings. The summed E-state index contributed by atoms with van der Waals surface area (Å²) in [5.74, 6) is -0.242. The maximum Gasteiger partial charge on any atom is 0.271 e. The third kappa shape index (κ3) is 3.36. The molecule has 0 aromatic heterocycles. The zero-order valence-corrected chi connectivity index (χ0v) is 16.3. The first-order valence-electron chi connectivity index (χ1n) is 8.64. The number of rotatable bonds is 3. The summed E-state index contributed by atoms with van der Waals surface area (Å²) in [5.41, 5.74) is 5.43. The summed E-state index contributed by atoms with van der Waals surface area (Å²) < 4.78 is 0.856. The minimum absolute atomic E-state index is 0.242. The van der Waals surface area contributed by atoms with Gasteiger partial charge in [0.25, 0.3) is 5.91 Å². The second kappa shape index (κ2) is 7.33. The highest BCUT2D eigenvalue weighted by molar-refractivity contribution is 9.10. The second-order valence-electron chi connectivity index (χ2n) is 6.34. The zero-order chi connectivity index (χ0) is 18.8. The molecule has 4 heteroatoms. The standard InChI is InChI=1S/C23H17BrN2O/c1-15-18-9-2-4-11-20(18)22(21-12-5-3-10-19(15)21)14-25-26-23(27)16-7-6-8-17(24)13-16/h2-14H,1H3,(H,26,27)/b25-14+. The van der Waals surface area contributed by atoms with E-state index in [0.717, 1.165) is 20.8 Å². The number of fused-ring (bicyclic) bond motifs is 2. The van der Waals surface area contributed by atoms with Crippen LogP contribution in [0.2, 0.25) is 0 Å². The average Bonchev–Trinajstić information content (AvgIpc) is 2.70. The fraction of sp³-hybridized carbons (Fsp3) is 0.0435. The first-order chi connectivity index (χ1) is 13.1. The van der Waals surface area contributed by atoms with Gasteiger partial charge in [-0.2, -0.15) is 5.10 Å². The largest absolute Gasteiger partial charge is 0.271 e. The van der Waals surface area contributed by atoms with Gasteiger partial charge in [-0.3, -0.25) is 4.79 Å². The van der Waals surface area contributed by atoms with Crippen LogP contribution in [-0.2, 0) is 0 Å². The first-order valence-corrected chi connectivity index (χ1v) is 9.43. The second-order valence-corrected chi connectivity index (χ2v) is 7.25. The Morgan fingerprint density at radius 3 is 2.07 bits per heavy atom. The van der Waals surface area contributed by atoms with E-state index in [1.807, 2.05) is 36.4 Å². The maximum atomic E-state index is 12.3. The van der Waals surface area contributed by atoms with Gasteiger partial charge in [0, 0.05) is 15.6 Å². The molecule has 132 valence electrons. The lowest BCUT2D eigenvalue weighted by Crippen LogP contribution is -2.17. The minimum Gasteiger partial charge on any atom is -0.267 e. The molecule has 4 aromatic carbocycles. The van der Waals surface area contributed by atoms with Crippen LogP contribution in [0.3, 0.4) is 0 Å². The highest BCUT2D eigenvalue weighted by Crippen LogP contribution is 2.31. The Kier molecular flexibility index (Phi) is 4.73. The van der Waals surface area contributed by atoms with Gasteiger partial charge in [0.2, 0.25) is 0 Å². The number of carbonyl (C=O) groups is 1. The molecule has 0 aliphatic carbocycles. The predicted molar refractivity (Wildman–Crippen MR) is 115 cm³/mol. The van der Waals surface area contributed by atoms with Crippen molar-refractivity contribution in [1.29, 1.82) is 0 Å². The number of nitrogens with one attached hydrogen (secondary N) is 1. The van der Waals surface area contributed by atoms with Gasteiger partial charge in [0.05, 0.1) is 6.21 Å². The van der Waals surface area contributed by atoms with Crippen molar-refractivity contribution in [3.8, 4) is 0 Å². The Hall–Kier alpha value is -2.98. The van der Waals surface area contributed by atoms with Crippen LogP contribution in [0.25, 0.3) is 21.5 Å². The molecule has 1 amide bonds. The van der Waals surface area contributed by atoms with Crippen LogP contribution in [0.5, 0.6) is 0 Å². The molecule has 27 heavy (non-hydrogen) atoms. The Morgan fingerprint density at radius 2 is 1.48 bits per heavy atom. The van der Waals surface area contributed by atoms with Crippen molar-refractivity contribution >= 4 is 49.6 Å². The van der Waals surface area contributed by atoms with Crippen LogP contribution in [0, 0.1) is 6.92 Å². The third-order valence-corrected chi connectivity index (χ3v) is 5.18. The van der Waals surface area contributed by atoms with Crippen molar-refractivity contribution in [3.63, 3.8) is 0 Å². The summed E-state index contributed by atoms with van der Waals surface area (Å²) in [4.78, 5) is 12.3. The van der Waals surface area contributed by atoms with Crippen molar-refractivity contribution in [1.82, 2.24) is 5.43 Å². The quantitative estimate of drug-likeness (QED) is 0.254. The van der Waals surface area contributed by atoms with E-state index in [1.54, 1.807) is 18.3 Å². The van der Waals surface area contributed by atoms with E-state index in [0.29, 0.717) is 5.56 Å². The fourth-order valence-corrected chi connectivity index (χ4v) is 3.77. The normalized spacial score (nSPS) is 11.3. The van der Waals surface area contributed by atoms with E-state index < -0.39 is 0 Å². The molecule has 0 radical (unpaired) electrons. The van der Waals surface area contributed by atoms with Gasteiger partial charge in [-0.1, -0.05) is 70.5 Å². The molecule has 1 N–H and O–H groups in total. The predicted octanol–water partition coefficient (Wildman–Crippen LogP) is 5.83. The van der Waals surface area contributed by atoms with E-state index in [4.69, 9.17) is 0 Å². The molecule has 0 aliphatic heterocycles. The van der Waals surface area contributed by atoms with Gasteiger partial charge in [-0.25, -0.2) is 5.43 Å². The zero-order valence-electron chi connectivity index (χ0n) is 14.7. The molecule has 3 nitrogen and oxygen atoms in total. The molecular formula is C23H17BrN2O. The van der Waals surface area contributed by atoms with Crippen LogP contribution in [0.15, 0.2) is 82.4 Å². The molecular weight excluding hydrogens is 400 g/mol. The maximum absolute atomic E-state index is 12.3. The van der Waals surface area contributed by atoms with Gasteiger partial charge < -0.3 is 0 Å². The number of halogens is 1. The van der Waals surface area contributed by atoms with Gasteiger partial charge in [0.1, 0.15) is 0 Å². The average molecular weight is 417 g/mol. The molecule has 4 rings (SSSR count). The highest BCUT2D eigenvalue weighted by Gasteiger charge is 2.10. The van der Waals surface area contributed by atoms with E-state index in [1.165, 1.54) is 16.3 Å². The van der Waals surface area contributed by atoms with Crippen LogP contribution in [0.1, 0.15) is 21.5 Å². The van der Waals surface area contributed by atoms with Crippen LogP contribution < -0.4 is 5.43 Å². The Labute approximate surface area is 165 Å². The van der Waals surface area contributed by atoms with Crippen LogP contribution in [-0.4, -0.2) is 12.1 Å². The van der Waals surface area contributed by atoms with E-state index >= 15 is 0 Å². The van der Waals surface area contributed by atoms with Gasteiger partial charge >= 0.3 is 0 Å². The SMILES string of the molecule is Cc1c2ccccc2c(/C=N/NC(=O)c2cccc(Br)c2)c2ccccc12. The molecule has 0 saturated carbocycles. The highest BCUT2D eigenvalue weighted by atomic mass is 79.9. The molecule has 0 unspecified atom stereocenters. The number of amides is 1. The molecule has 0 heterocycles. The van der Waals surface area contributed by atoms with E-state index in [9.17, 15) is 4.79 Å². The number of aryl methyl sites for hydroxylation is 1. The lowest BCUT2D eigenvalue weighted by molar-refractivity contribution is 0.0955. The fourth-order valence-electron chi connectivity index (χ4n) is 3.37. The van der Waals surface area contributed by atoms with Crippen LogP contribution in [0.4, 0.5) is 0 Å². The first kappa shape index (κ1) is 17.4. The van der Waals surface area contributed by atoms with Gasteiger partial charge in [0.15, 0.2) is 0 Å². The summed E-state index contributed by atoms with van der Waals surface area (Å²) in [5, 5.41) is 8.86. The van der Waals surface area contributed by atoms with Crippen molar-refractivity contribution in [2.45, 2.75) is 6.92 Å². The summed E-state index contributed by atoms with van der Waals surface area (Å²) >= 11 is 3.38. The molecule has 0 fully saturated rings. The number of hydrogen-bond donors (Lipinski definition) is 1. The smallest absolute Gasteiger partial charge is 0.267 e. The Bertz CT molecular complexity index is 1140. The van der Waals surface area contributed by atoms with Crippen molar-refractivity contribution in [2.75, 3.05) is 0 Å². The number of hydrogen-bond acceptors (Lipinski definition) is 2. The Balaban J connectivity index is 1.75. The molecule has 4 aromatic rings. The molecule has 0 bridgehead atoms.